The Balaban J connectivity index is 2.21. The molecule has 0 amide bonds. The van der Waals surface area contributed by atoms with Crippen LogP contribution in [0, 0.1) is 6.92 Å². The number of hydrogen-bond acceptors (Lipinski definition) is 2. The number of anilines is 1. The summed E-state index contributed by atoms with van der Waals surface area (Å²) >= 11 is 8.90. The molecule has 0 saturated carbocycles. The van der Waals surface area contributed by atoms with Crippen molar-refractivity contribution in [3.05, 3.63) is 49.0 Å². The Morgan fingerprint density at radius 3 is 2.59 bits per heavy atom. The van der Waals surface area contributed by atoms with Crippen molar-refractivity contribution in [2.24, 2.45) is 0 Å². The molecule has 2 rings (SSSR count). The number of aryl methyl sites for hydroxylation is 1. The molecule has 2 aromatic rings. The zero-order chi connectivity index (χ0) is 12.4. The lowest BCUT2D eigenvalue weighted by Crippen LogP contribution is -2.06. The van der Waals surface area contributed by atoms with Crippen LogP contribution < -0.4 is 5.32 Å². The van der Waals surface area contributed by atoms with Crippen LogP contribution in [-0.4, -0.2) is 0 Å². The molecule has 1 heterocycles. The summed E-state index contributed by atoms with van der Waals surface area (Å²) in [7, 11) is 0. The van der Waals surface area contributed by atoms with E-state index in [2.05, 4.69) is 80.7 Å². The summed E-state index contributed by atoms with van der Waals surface area (Å²) in [5, 5.41) is 5.63. The van der Waals surface area contributed by atoms with Crippen LogP contribution in [0.4, 0.5) is 5.69 Å². The summed E-state index contributed by atoms with van der Waals surface area (Å²) in [6.45, 7) is 4.27. The van der Waals surface area contributed by atoms with Crippen molar-refractivity contribution >= 4 is 48.9 Å². The van der Waals surface area contributed by atoms with Crippen molar-refractivity contribution in [3.63, 3.8) is 0 Å². The molecule has 1 aromatic heterocycles. The highest BCUT2D eigenvalue weighted by atomic mass is 79.9. The van der Waals surface area contributed by atoms with Gasteiger partial charge < -0.3 is 5.32 Å². The number of hydrogen-bond donors (Lipinski definition) is 1. The second-order valence-corrected chi connectivity index (χ2v) is 6.64. The lowest BCUT2D eigenvalue weighted by atomic mass is 10.2. The van der Waals surface area contributed by atoms with Gasteiger partial charge in [-0.1, -0.05) is 6.07 Å². The minimum atomic E-state index is 0.294. The standard InChI is InChI=1S/C13H13Br2NS/c1-8-3-4-10(14)12(7-8)16-9(2)13-11(15)5-6-17-13/h3-7,9,16H,1-2H3. The molecule has 1 aromatic carbocycles. The summed E-state index contributed by atoms with van der Waals surface area (Å²) < 4.78 is 2.27. The molecule has 17 heavy (non-hydrogen) atoms. The Morgan fingerprint density at radius 2 is 1.94 bits per heavy atom. The first-order chi connectivity index (χ1) is 8.08. The van der Waals surface area contributed by atoms with E-state index in [1.165, 1.54) is 14.9 Å². The first kappa shape index (κ1) is 13.1. The van der Waals surface area contributed by atoms with E-state index in [1.807, 2.05) is 0 Å². The molecule has 0 bridgehead atoms. The number of thiophene rings is 1. The highest BCUT2D eigenvalue weighted by Gasteiger charge is 2.11. The van der Waals surface area contributed by atoms with Crippen LogP contribution in [0.15, 0.2) is 38.6 Å². The van der Waals surface area contributed by atoms with Crippen LogP contribution in [0.3, 0.4) is 0 Å². The van der Waals surface area contributed by atoms with Gasteiger partial charge in [-0.3, -0.25) is 0 Å². The van der Waals surface area contributed by atoms with Crippen LogP contribution in [0.25, 0.3) is 0 Å². The zero-order valence-electron chi connectivity index (χ0n) is 9.63. The fraction of sp³-hybridized carbons (Fsp3) is 0.231. The first-order valence-corrected chi connectivity index (χ1v) is 7.80. The maximum atomic E-state index is 3.57. The fourth-order valence-corrected chi connectivity index (χ4v) is 3.75. The lowest BCUT2D eigenvalue weighted by Gasteiger charge is -2.16. The van der Waals surface area contributed by atoms with Crippen molar-refractivity contribution in [3.8, 4) is 0 Å². The van der Waals surface area contributed by atoms with Crippen molar-refractivity contribution in [1.29, 1.82) is 0 Å². The van der Waals surface area contributed by atoms with Crippen LogP contribution in [0.2, 0.25) is 0 Å². The molecule has 0 aliphatic heterocycles. The second kappa shape index (κ2) is 5.55. The Morgan fingerprint density at radius 1 is 1.18 bits per heavy atom. The normalized spacial score (nSPS) is 12.5. The molecular formula is C13H13Br2NS. The largest absolute Gasteiger partial charge is 0.377 e. The highest BCUT2D eigenvalue weighted by molar-refractivity contribution is 9.11. The Labute approximate surface area is 123 Å². The topological polar surface area (TPSA) is 12.0 Å². The number of benzene rings is 1. The van der Waals surface area contributed by atoms with Crippen molar-refractivity contribution < 1.29 is 0 Å². The average Bonchev–Trinajstić information content (AvgIpc) is 2.70. The molecule has 0 fully saturated rings. The smallest absolute Gasteiger partial charge is 0.0590 e. The Hall–Kier alpha value is -0.320. The summed E-state index contributed by atoms with van der Waals surface area (Å²) in [5.41, 5.74) is 2.39. The van der Waals surface area contributed by atoms with Crippen LogP contribution >= 0.6 is 43.2 Å². The molecule has 1 atom stereocenters. The summed E-state index contributed by atoms with van der Waals surface area (Å²) in [6.07, 6.45) is 0. The lowest BCUT2D eigenvalue weighted by molar-refractivity contribution is 0.901. The van der Waals surface area contributed by atoms with Gasteiger partial charge in [0.15, 0.2) is 0 Å². The summed E-state index contributed by atoms with van der Waals surface area (Å²) in [4.78, 5) is 1.32. The van der Waals surface area contributed by atoms with Gasteiger partial charge in [-0.25, -0.2) is 0 Å². The molecule has 4 heteroatoms. The van der Waals surface area contributed by atoms with E-state index in [1.54, 1.807) is 11.3 Å². The predicted octanol–water partition coefficient (Wildman–Crippen LogP) is 5.75. The fourth-order valence-electron chi connectivity index (χ4n) is 1.66. The van der Waals surface area contributed by atoms with E-state index in [4.69, 9.17) is 0 Å². The van der Waals surface area contributed by atoms with Gasteiger partial charge >= 0.3 is 0 Å². The molecule has 1 N–H and O–H groups in total. The molecule has 1 unspecified atom stereocenters. The van der Waals surface area contributed by atoms with Crippen molar-refractivity contribution in [2.45, 2.75) is 19.9 Å². The van der Waals surface area contributed by atoms with E-state index in [9.17, 15) is 0 Å². The Kier molecular flexibility index (Phi) is 4.28. The van der Waals surface area contributed by atoms with Gasteiger partial charge in [0, 0.05) is 19.5 Å². The van der Waals surface area contributed by atoms with Crippen molar-refractivity contribution in [2.75, 3.05) is 5.32 Å². The monoisotopic (exact) mass is 373 g/mol. The quantitative estimate of drug-likeness (QED) is 0.720. The summed E-state index contributed by atoms with van der Waals surface area (Å²) in [6, 6.07) is 8.71. The molecule has 1 nitrogen and oxygen atoms in total. The third-order valence-electron chi connectivity index (χ3n) is 2.53. The number of halogens is 2. The Bertz CT molecular complexity index is 522. The number of nitrogens with one attached hydrogen (secondary N) is 1. The van der Waals surface area contributed by atoms with E-state index in [-0.39, 0.29) is 0 Å². The van der Waals surface area contributed by atoms with Crippen LogP contribution in [-0.2, 0) is 0 Å². The molecular weight excluding hydrogens is 362 g/mol. The first-order valence-electron chi connectivity index (χ1n) is 5.33. The third kappa shape index (κ3) is 3.12. The third-order valence-corrected chi connectivity index (χ3v) is 5.28. The van der Waals surface area contributed by atoms with E-state index in [0.717, 1.165) is 10.2 Å². The second-order valence-electron chi connectivity index (χ2n) is 3.98. The predicted molar refractivity (Wildman–Crippen MR) is 82.9 cm³/mol. The molecule has 90 valence electrons. The van der Waals surface area contributed by atoms with Gasteiger partial charge in [-0.2, -0.15) is 0 Å². The van der Waals surface area contributed by atoms with Gasteiger partial charge in [0.25, 0.3) is 0 Å². The van der Waals surface area contributed by atoms with Gasteiger partial charge in [-0.05, 0) is 74.8 Å². The molecule has 0 saturated heterocycles. The van der Waals surface area contributed by atoms with E-state index >= 15 is 0 Å². The molecule has 0 aliphatic carbocycles. The van der Waals surface area contributed by atoms with E-state index < -0.39 is 0 Å². The van der Waals surface area contributed by atoms with Gasteiger partial charge in [0.2, 0.25) is 0 Å². The maximum absolute atomic E-state index is 3.57. The maximum Gasteiger partial charge on any atom is 0.0590 e. The molecule has 0 aliphatic rings. The van der Waals surface area contributed by atoms with Crippen molar-refractivity contribution in [1.82, 2.24) is 0 Å². The molecule has 0 radical (unpaired) electrons. The zero-order valence-corrected chi connectivity index (χ0v) is 13.6. The average molecular weight is 375 g/mol. The molecule has 0 spiro atoms. The number of rotatable bonds is 3. The highest BCUT2D eigenvalue weighted by Crippen LogP contribution is 2.33. The van der Waals surface area contributed by atoms with Crippen LogP contribution in [0.1, 0.15) is 23.4 Å². The summed E-state index contributed by atoms with van der Waals surface area (Å²) in [5.74, 6) is 0. The minimum absolute atomic E-state index is 0.294. The minimum Gasteiger partial charge on any atom is -0.377 e. The van der Waals surface area contributed by atoms with Gasteiger partial charge in [0.1, 0.15) is 0 Å². The van der Waals surface area contributed by atoms with Crippen LogP contribution in [0.5, 0.6) is 0 Å². The van der Waals surface area contributed by atoms with Gasteiger partial charge in [0.05, 0.1) is 6.04 Å². The van der Waals surface area contributed by atoms with Gasteiger partial charge in [-0.15, -0.1) is 11.3 Å². The SMILES string of the molecule is Cc1ccc(Br)c(NC(C)c2sccc2Br)c1. The van der Waals surface area contributed by atoms with E-state index in [0.29, 0.717) is 6.04 Å².